The van der Waals surface area contributed by atoms with E-state index < -0.39 is 11.9 Å². The van der Waals surface area contributed by atoms with Crippen molar-refractivity contribution in [3.05, 3.63) is 82.5 Å². The molecule has 2 unspecified atom stereocenters. The van der Waals surface area contributed by atoms with Crippen molar-refractivity contribution in [2.24, 2.45) is 0 Å². The van der Waals surface area contributed by atoms with Crippen molar-refractivity contribution in [3.63, 3.8) is 0 Å². The largest absolute Gasteiger partial charge is 0.497 e. The second-order valence-electron chi connectivity index (χ2n) is 7.80. The van der Waals surface area contributed by atoms with E-state index in [-0.39, 0.29) is 18.3 Å². The van der Waals surface area contributed by atoms with E-state index in [0.29, 0.717) is 29.7 Å². The average Bonchev–Trinajstić information content (AvgIpc) is 2.78. The van der Waals surface area contributed by atoms with E-state index in [1.165, 1.54) is 0 Å². The Morgan fingerprint density at radius 3 is 2.71 bits per heavy atom. The highest BCUT2D eigenvalue weighted by Crippen LogP contribution is 2.45. The standard InChI is InChI=1S/C25H26N2O4/c1-4-31-25(29)22-15(2)27-20-12-18(16-7-5-9-19(11-16)30-3)13-21(28)24(20)23(22)17-8-6-10-26-14-17/h5-11,14,18,23,27H,4,12-13H2,1-3H3. The zero-order valence-electron chi connectivity index (χ0n) is 18.0. The van der Waals surface area contributed by atoms with Crippen LogP contribution in [0.4, 0.5) is 0 Å². The molecule has 1 aliphatic heterocycles. The summed E-state index contributed by atoms with van der Waals surface area (Å²) in [7, 11) is 1.64. The minimum Gasteiger partial charge on any atom is -0.497 e. The van der Waals surface area contributed by atoms with Gasteiger partial charge in [-0.1, -0.05) is 18.2 Å². The van der Waals surface area contributed by atoms with Gasteiger partial charge in [-0.15, -0.1) is 0 Å². The van der Waals surface area contributed by atoms with Gasteiger partial charge < -0.3 is 14.8 Å². The number of hydrogen-bond donors (Lipinski definition) is 1. The second-order valence-corrected chi connectivity index (χ2v) is 7.80. The number of carbonyl (C=O) groups is 2. The fourth-order valence-electron chi connectivity index (χ4n) is 4.53. The summed E-state index contributed by atoms with van der Waals surface area (Å²) in [4.78, 5) is 30.5. The van der Waals surface area contributed by atoms with Gasteiger partial charge in [-0.25, -0.2) is 4.79 Å². The molecule has 0 radical (unpaired) electrons. The van der Waals surface area contributed by atoms with E-state index in [1.807, 2.05) is 43.3 Å². The van der Waals surface area contributed by atoms with Crippen LogP contribution in [0, 0.1) is 0 Å². The number of pyridine rings is 1. The smallest absolute Gasteiger partial charge is 0.336 e. The number of dihydropyridines is 1. The lowest BCUT2D eigenvalue weighted by molar-refractivity contribution is -0.138. The number of ketones is 1. The molecule has 1 N–H and O–H groups in total. The zero-order valence-corrected chi connectivity index (χ0v) is 18.0. The van der Waals surface area contributed by atoms with E-state index in [9.17, 15) is 9.59 Å². The van der Waals surface area contributed by atoms with Crippen molar-refractivity contribution in [3.8, 4) is 5.75 Å². The first-order chi connectivity index (χ1) is 15.0. The highest BCUT2D eigenvalue weighted by Gasteiger charge is 2.41. The second kappa shape index (κ2) is 8.76. The van der Waals surface area contributed by atoms with Crippen LogP contribution in [0.5, 0.6) is 5.75 Å². The van der Waals surface area contributed by atoms with Gasteiger partial charge in [-0.05, 0) is 55.5 Å². The molecule has 1 aromatic carbocycles. The summed E-state index contributed by atoms with van der Waals surface area (Å²) < 4.78 is 10.7. The van der Waals surface area contributed by atoms with E-state index in [2.05, 4.69) is 10.3 Å². The molecule has 6 nitrogen and oxygen atoms in total. The molecule has 2 heterocycles. The number of hydrogen-bond acceptors (Lipinski definition) is 6. The van der Waals surface area contributed by atoms with Crippen molar-refractivity contribution >= 4 is 11.8 Å². The van der Waals surface area contributed by atoms with Crippen molar-refractivity contribution in [1.82, 2.24) is 10.3 Å². The molecule has 0 fully saturated rings. The number of benzene rings is 1. The van der Waals surface area contributed by atoms with Crippen molar-refractivity contribution in [2.45, 2.75) is 38.5 Å². The monoisotopic (exact) mass is 418 g/mol. The Morgan fingerprint density at radius 2 is 2.00 bits per heavy atom. The lowest BCUT2D eigenvalue weighted by atomic mass is 9.72. The number of nitrogens with zero attached hydrogens (tertiary/aromatic N) is 1. The van der Waals surface area contributed by atoms with Crippen LogP contribution in [-0.2, 0) is 14.3 Å². The van der Waals surface area contributed by atoms with Crippen LogP contribution in [-0.4, -0.2) is 30.5 Å². The number of ether oxygens (including phenoxy) is 2. The first kappa shape index (κ1) is 20.8. The van der Waals surface area contributed by atoms with E-state index in [0.717, 1.165) is 22.6 Å². The summed E-state index contributed by atoms with van der Waals surface area (Å²) in [5, 5.41) is 3.35. The molecular formula is C25H26N2O4. The molecule has 0 spiro atoms. The summed E-state index contributed by atoms with van der Waals surface area (Å²) in [5.41, 5.74) is 4.57. The SMILES string of the molecule is CCOC(=O)C1=C(C)NC2=C(C(=O)CC(c3cccc(OC)c3)C2)C1c1cccnc1. The number of nitrogens with one attached hydrogen (secondary N) is 1. The number of esters is 1. The highest BCUT2D eigenvalue weighted by atomic mass is 16.5. The first-order valence-electron chi connectivity index (χ1n) is 10.5. The Kier molecular flexibility index (Phi) is 5.89. The van der Waals surface area contributed by atoms with Crippen LogP contribution >= 0.6 is 0 Å². The quantitative estimate of drug-likeness (QED) is 0.739. The van der Waals surface area contributed by atoms with Crippen molar-refractivity contribution in [2.75, 3.05) is 13.7 Å². The molecule has 160 valence electrons. The third kappa shape index (κ3) is 3.98. The van der Waals surface area contributed by atoms with Crippen LogP contribution in [0.15, 0.2) is 71.3 Å². The molecule has 1 aliphatic carbocycles. The van der Waals surface area contributed by atoms with Gasteiger partial charge in [-0.2, -0.15) is 0 Å². The third-order valence-electron chi connectivity index (χ3n) is 5.91. The average molecular weight is 418 g/mol. The molecule has 1 aromatic heterocycles. The predicted octanol–water partition coefficient (Wildman–Crippen LogP) is 4.01. The number of rotatable bonds is 5. The minimum absolute atomic E-state index is 0.0321. The molecule has 2 atom stereocenters. The molecule has 2 aromatic rings. The summed E-state index contributed by atoms with van der Waals surface area (Å²) in [5.74, 6) is -0.0429. The molecule has 6 heteroatoms. The topological polar surface area (TPSA) is 77.5 Å². The van der Waals surface area contributed by atoms with Crippen LogP contribution in [0.1, 0.15) is 49.7 Å². The Morgan fingerprint density at radius 1 is 1.19 bits per heavy atom. The molecular weight excluding hydrogens is 392 g/mol. The van der Waals surface area contributed by atoms with Gasteiger partial charge in [0, 0.05) is 41.7 Å². The molecule has 0 saturated heterocycles. The third-order valence-corrected chi connectivity index (χ3v) is 5.91. The normalized spacial score (nSPS) is 20.8. The number of allylic oxidation sites excluding steroid dienone is 3. The maximum Gasteiger partial charge on any atom is 0.336 e. The Labute approximate surface area is 182 Å². The highest BCUT2D eigenvalue weighted by molar-refractivity contribution is 6.04. The van der Waals surface area contributed by atoms with Crippen LogP contribution in [0.2, 0.25) is 0 Å². The van der Waals surface area contributed by atoms with E-state index in [1.54, 1.807) is 26.4 Å². The maximum absolute atomic E-state index is 13.5. The van der Waals surface area contributed by atoms with Gasteiger partial charge in [0.2, 0.25) is 0 Å². The van der Waals surface area contributed by atoms with Gasteiger partial charge in [-0.3, -0.25) is 9.78 Å². The van der Waals surface area contributed by atoms with Gasteiger partial charge in [0.05, 0.1) is 19.3 Å². The molecule has 31 heavy (non-hydrogen) atoms. The number of carbonyl (C=O) groups excluding carboxylic acids is 2. The molecule has 0 amide bonds. The number of methoxy groups -OCH3 is 1. The first-order valence-corrected chi connectivity index (χ1v) is 10.5. The summed E-state index contributed by atoms with van der Waals surface area (Å²) in [6, 6.07) is 11.6. The number of aromatic nitrogens is 1. The predicted molar refractivity (Wildman–Crippen MR) is 116 cm³/mol. The lowest BCUT2D eigenvalue weighted by Gasteiger charge is -2.36. The zero-order chi connectivity index (χ0) is 22.0. The van der Waals surface area contributed by atoms with Gasteiger partial charge >= 0.3 is 5.97 Å². The van der Waals surface area contributed by atoms with Gasteiger partial charge in [0.15, 0.2) is 5.78 Å². The van der Waals surface area contributed by atoms with E-state index in [4.69, 9.17) is 9.47 Å². The van der Waals surface area contributed by atoms with Crippen LogP contribution < -0.4 is 10.1 Å². The Bertz CT molecular complexity index is 1070. The van der Waals surface area contributed by atoms with Gasteiger partial charge in [0.25, 0.3) is 0 Å². The molecule has 0 saturated carbocycles. The molecule has 0 bridgehead atoms. The summed E-state index contributed by atoms with van der Waals surface area (Å²) in [6.45, 7) is 3.91. The lowest BCUT2D eigenvalue weighted by Crippen LogP contribution is -2.36. The molecule has 4 rings (SSSR count). The van der Waals surface area contributed by atoms with Crippen molar-refractivity contribution < 1.29 is 19.1 Å². The minimum atomic E-state index is -0.484. The Hall–Kier alpha value is -3.41. The fourth-order valence-corrected chi connectivity index (χ4v) is 4.53. The molecule has 2 aliphatic rings. The van der Waals surface area contributed by atoms with Gasteiger partial charge in [0.1, 0.15) is 5.75 Å². The van der Waals surface area contributed by atoms with E-state index >= 15 is 0 Å². The van der Waals surface area contributed by atoms with Crippen molar-refractivity contribution in [1.29, 1.82) is 0 Å². The maximum atomic E-state index is 13.5. The summed E-state index contributed by atoms with van der Waals surface area (Å²) >= 11 is 0. The number of Topliss-reactive ketones (excluding diaryl/α,β-unsaturated/α-hetero) is 1. The summed E-state index contributed by atoms with van der Waals surface area (Å²) in [6.07, 6.45) is 4.45. The van der Waals surface area contributed by atoms with Crippen LogP contribution in [0.3, 0.4) is 0 Å². The Balaban J connectivity index is 1.77. The fraction of sp³-hybridized carbons (Fsp3) is 0.320. The van der Waals surface area contributed by atoms with Crippen LogP contribution in [0.25, 0.3) is 0 Å².